The fourth-order valence-electron chi connectivity index (χ4n) is 3.66. The molecule has 0 aromatic rings. The number of nitrogens with zero attached hydrogens (tertiary/aromatic N) is 4. The quantitative estimate of drug-likeness (QED) is 0.544. The van der Waals surface area contributed by atoms with E-state index in [2.05, 4.69) is 32.3 Å². The molecule has 0 unspecified atom stereocenters. The number of amides is 3. The fraction of sp³-hybridized carbons (Fsp3) is 0.895. The largest absolute Gasteiger partial charge is 0.355 e. The Kier molecular flexibility index (Phi) is 9.86. The minimum absolute atomic E-state index is 0.0317. The van der Waals surface area contributed by atoms with Crippen LogP contribution in [0.5, 0.6) is 0 Å². The third-order valence-corrected chi connectivity index (χ3v) is 5.49. The molecule has 2 heterocycles. The van der Waals surface area contributed by atoms with E-state index in [0.29, 0.717) is 26.2 Å². The molecule has 27 heavy (non-hydrogen) atoms. The molecule has 0 bridgehead atoms. The first-order chi connectivity index (χ1) is 13.1. The number of hydrogen-bond acceptors (Lipinski definition) is 5. The highest BCUT2D eigenvalue weighted by molar-refractivity contribution is 5.78. The summed E-state index contributed by atoms with van der Waals surface area (Å²) >= 11 is 0. The topological polar surface area (TPSA) is 71.2 Å². The van der Waals surface area contributed by atoms with Crippen LogP contribution in [0.15, 0.2) is 0 Å². The molecule has 2 saturated heterocycles. The predicted molar refractivity (Wildman–Crippen MR) is 108 cm³/mol. The monoisotopic (exact) mass is 382 g/mol. The van der Waals surface area contributed by atoms with Gasteiger partial charge in [-0.05, 0) is 32.9 Å². The Bertz CT molecular complexity index is 445. The van der Waals surface area contributed by atoms with E-state index >= 15 is 0 Å². The Morgan fingerprint density at radius 2 is 1.41 bits per heavy atom. The highest BCUT2D eigenvalue weighted by atomic mass is 16.2. The first kappa shape index (κ1) is 21.9. The van der Waals surface area contributed by atoms with Gasteiger partial charge in [0.2, 0.25) is 5.91 Å². The van der Waals surface area contributed by atoms with Gasteiger partial charge in [0, 0.05) is 65.4 Å². The maximum absolute atomic E-state index is 12.3. The number of likely N-dealkylation sites (N-methyl/N-ethyl adjacent to an activating group) is 2. The number of urea groups is 1. The summed E-state index contributed by atoms with van der Waals surface area (Å²) in [6, 6.07) is 0.0317. The lowest BCUT2D eigenvalue weighted by Crippen LogP contribution is -2.53. The minimum Gasteiger partial charge on any atom is -0.355 e. The van der Waals surface area contributed by atoms with E-state index in [1.807, 2.05) is 11.8 Å². The zero-order chi connectivity index (χ0) is 19.5. The van der Waals surface area contributed by atoms with E-state index < -0.39 is 0 Å². The Morgan fingerprint density at radius 1 is 0.778 bits per heavy atom. The summed E-state index contributed by atoms with van der Waals surface area (Å²) in [4.78, 5) is 32.9. The highest BCUT2D eigenvalue weighted by Crippen LogP contribution is 2.04. The molecule has 8 nitrogen and oxygen atoms in total. The lowest BCUT2D eigenvalue weighted by molar-refractivity contribution is -0.122. The van der Waals surface area contributed by atoms with Crippen molar-refractivity contribution >= 4 is 11.9 Å². The summed E-state index contributed by atoms with van der Waals surface area (Å²) in [5.74, 6) is 0.0616. The van der Waals surface area contributed by atoms with Crippen molar-refractivity contribution in [1.82, 2.24) is 30.2 Å². The third-order valence-electron chi connectivity index (χ3n) is 5.49. The molecule has 2 aliphatic rings. The van der Waals surface area contributed by atoms with Gasteiger partial charge in [-0.2, -0.15) is 0 Å². The van der Waals surface area contributed by atoms with Gasteiger partial charge >= 0.3 is 6.03 Å². The van der Waals surface area contributed by atoms with Gasteiger partial charge < -0.3 is 25.3 Å². The van der Waals surface area contributed by atoms with Crippen LogP contribution in [0.3, 0.4) is 0 Å². The number of hydrogen-bond donors (Lipinski definition) is 2. The standard InChI is InChI=1S/C19H38N6O2/c1-3-20-18(26)17-24-13-15-25(16-14-24)19(27)21-7-5-6-8-23-11-9-22(4-2)10-12-23/h3-17H2,1-2H3,(H,20,26)(H,21,27). The number of carbonyl (C=O) groups excluding carboxylic acids is 2. The van der Waals surface area contributed by atoms with Crippen LogP contribution in [0.4, 0.5) is 4.79 Å². The van der Waals surface area contributed by atoms with Crippen molar-refractivity contribution in [2.75, 3.05) is 85.1 Å². The summed E-state index contributed by atoms with van der Waals surface area (Å²) in [6.07, 6.45) is 2.16. The van der Waals surface area contributed by atoms with E-state index in [-0.39, 0.29) is 11.9 Å². The summed E-state index contributed by atoms with van der Waals surface area (Å²) in [7, 11) is 0. The zero-order valence-electron chi connectivity index (χ0n) is 17.2. The third kappa shape index (κ3) is 8.02. The van der Waals surface area contributed by atoms with E-state index in [1.54, 1.807) is 0 Å². The summed E-state index contributed by atoms with van der Waals surface area (Å²) in [6.45, 7) is 15.8. The van der Waals surface area contributed by atoms with Crippen molar-refractivity contribution in [2.45, 2.75) is 26.7 Å². The van der Waals surface area contributed by atoms with Crippen molar-refractivity contribution in [2.24, 2.45) is 0 Å². The van der Waals surface area contributed by atoms with Crippen molar-refractivity contribution in [3.05, 3.63) is 0 Å². The van der Waals surface area contributed by atoms with Gasteiger partial charge in [0.1, 0.15) is 0 Å². The van der Waals surface area contributed by atoms with Crippen LogP contribution >= 0.6 is 0 Å². The molecule has 2 fully saturated rings. The molecule has 0 aliphatic carbocycles. The van der Waals surface area contributed by atoms with Crippen LogP contribution < -0.4 is 10.6 Å². The van der Waals surface area contributed by atoms with Gasteiger partial charge in [-0.15, -0.1) is 0 Å². The summed E-state index contributed by atoms with van der Waals surface area (Å²) in [5.41, 5.74) is 0. The van der Waals surface area contributed by atoms with E-state index in [1.165, 1.54) is 26.2 Å². The van der Waals surface area contributed by atoms with E-state index in [9.17, 15) is 9.59 Å². The summed E-state index contributed by atoms with van der Waals surface area (Å²) < 4.78 is 0. The first-order valence-electron chi connectivity index (χ1n) is 10.6. The Balaban J connectivity index is 1.50. The van der Waals surface area contributed by atoms with Gasteiger partial charge in [-0.3, -0.25) is 9.69 Å². The molecule has 2 rings (SSSR count). The molecule has 0 spiro atoms. The molecular formula is C19H38N6O2. The van der Waals surface area contributed by atoms with Crippen LogP contribution in [0.25, 0.3) is 0 Å². The molecule has 156 valence electrons. The average Bonchev–Trinajstić information content (AvgIpc) is 2.69. The van der Waals surface area contributed by atoms with Crippen LogP contribution in [0, 0.1) is 0 Å². The normalized spacial score (nSPS) is 19.9. The fourth-order valence-corrected chi connectivity index (χ4v) is 3.66. The number of piperazine rings is 2. The van der Waals surface area contributed by atoms with Gasteiger partial charge in [-0.25, -0.2) is 4.79 Å². The van der Waals surface area contributed by atoms with Crippen molar-refractivity contribution in [1.29, 1.82) is 0 Å². The second kappa shape index (κ2) is 12.2. The number of unbranched alkanes of at least 4 members (excludes halogenated alkanes) is 1. The van der Waals surface area contributed by atoms with E-state index in [0.717, 1.165) is 45.6 Å². The van der Waals surface area contributed by atoms with Crippen molar-refractivity contribution < 1.29 is 9.59 Å². The number of nitrogens with one attached hydrogen (secondary N) is 2. The van der Waals surface area contributed by atoms with Gasteiger partial charge in [0.25, 0.3) is 0 Å². The highest BCUT2D eigenvalue weighted by Gasteiger charge is 2.22. The maximum atomic E-state index is 12.3. The Morgan fingerprint density at radius 3 is 2.04 bits per heavy atom. The molecule has 2 N–H and O–H groups in total. The van der Waals surface area contributed by atoms with Gasteiger partial charge in [0.15, 0.2) is 0 Å². The molecular weight excluding hydrogens is 344 g/mol. The smallest absolute Gasteiger partial charge is 0.317 e. The van der Waals surface area contributed by atoms with Crippen LogP contribution in [-0.4, -0.2) is 117 Å². The number of rotatable bonds is 9. The molecule has 0 aromatic heterocycles. The maximum Gasteiger partial charge on any atom is 0.317 e. The number of carbonyl (C=O) groups is 2. The lowest BCUT2D eigenvalue weighted by atomic mass is 10.2. The lowest BCUT2D eigenvalue weighted by Gasteiger charge is -2.34. The minimum atomic E-state index is 0.0317. The predicted octanol–water partition coefficient (Wildman–Crippen LogP) is -0.133. The Labute approximate surface area is 164 Å². The molecule has 8 heteroatoms. The SMILES string of the molecule is CCNC(=O)CN1CCN(C(=O)NCCCCN2CCN(CC)CC2)CC1. The van der Waals surface area contributed by atoms with E-state index in [4.69, 9.17) is 0 Å². The van der Waals surface area contributed by atoms with Gasteiger partial charge in [-0.1, -0.05) is 6.92 Å². The molecule has 0 atom stereocenters. The zero-order valence-corrected chi connectivity index (χ0v) is 17.2. The molecule has 3 amide bonds. The molecule has 0 saturated carbocycles. The first-order valence-corrected chi connectivity index (χ1v) is 10.6. The Hall–Kier alpha value is -1.38. The molecule has 0 radical (unpaired) electrons. The summed E-state index contributed by atoms with van der Waals surface area (Å²) in [5, 5.41) is 5.86. The molecule has 2 aliphatic heterocycles. The van der Waals surface area contributed by atoms with Gasteiger partial charge in [0.05, 0.1) is 6.54 Å². The van der Waals surface area contributed by atoms with Crippen molar-refractivity contribution in [3.8, 4) is 0 Å². The van der Waals surface area contributed by atoms with Crippen molar-refractivity contribution in [3.63, 3.8) is 0 Å². The van der Waals surface area contributed by atoms with Crippen LogP contribution in [0.2, 0.25) is 0 Å². The van der Waals surface area contributed by atoms with Crippen LogP contribution in [-0.2, 0) is 4.79 Å². The van der Waals surface area contributed by atoms with Crippen LogP contribution in [0.1, 0.15) is 26.7 Å². The molecule has 0 aromatic carbocycles. The second-order valence-electron chi connectivity index (χ2n) is 7.43. The second-order valence-corrected chi connectivity index (χ2v) is 7.43. The average molecular weight is 383 g/mol.